The highest BCUT2D eigenvalue weighted by molar-refractivity contribution is 5.89. The van der Waals surface area contributed by atoms with E-state index in [1.807, 2.05) is 4.90 Å². The first kappa shape index (κ1) is 21.7. The summed E-state index contributed by atoms with van der Waals surface area (Å²) in [5.41, 5.74) is 0.967. The number of hydrogen-bond acceptors (Lipinski definition) is 4. The van der Waals surface area contributed by atoms with E-state index in [-0.39, 0.29) is 42.1 Å². The molecule has 0 saturated carbocycles. The first-order valence-electron chi connectivity index (χ1n) is 10.7. The molecule has 7 heteroatoms. The summed E-state index contributed by atoms with van der Waals surface area (Å²) in [5, 5.41) is 3.06. The van der Waals surface area contributed by atoms with Gasteiger partial charge >= 0.3 is 0 Å². The van der Waals surface area contributed by atoms with Crippen LogP contribution in [-0.4, -0.2) is 67.0 Å². The van der Waals surface area contributed by atoms with E-state index in [1.54, 1.807) is 12.1 Å². The lowest BCUT2D eigenvalue weighted by atomic mass is 10.0. The van der Waals surface area contributed by atoms with Gasteiger partial charge in [-0.05, 0) is 30.5 Å². The molecule has 3 rings (SSSR count). The fourth-order valence-electron chi connectivity index (χ4n) is 4.36. The van der Waals surface area contributed by atoms with Crippen molar-refractivity contribution < 1.29 is 18.7 Å². The number of rotatable bonds is 8. The average Bonchev–Trinajstić information content (AvgIpc) is 3.13. The highest BCUT2D eigenvalue weighted by atomic mass is 19.1. The molecular weight excluding hydrogens is 373 g/mol. The third-order valence-electron chi connectivity index (χ3n) is 6.12. The molecule has 2 atom stereocenters. The van der Waals surface area contributed by atoms with E-state index < -0.39 is 0 Å². The van der Waals surface area contributed by atoms with Gasteiger partial charge in [-0.3, -0.25) is 14.5 Å². The van der Waals surface area contributed by atoms with Crippen LogP contribution >= 0.6 is 0 Å². The second-order valence-electron chi connectivity index (χ2n) is 7.88. The van der Waals surface area contributed by atoms with Crippen LogP contribution in [0.1, 0.15) is 44.7 Å². The Bertz CT molecular complexity index is 687. The Morgan fingerprint density at radius 2 is 1.86 bits per heavy atom. The minimum Gasteiger partial charge on any atom is -0.379 e. The van der Waals surface area contributed by atoms with Crippen molar-refractivity contribution in [1.82, 2.24) is 15.1 Å². The van der Waals surface area contributed by atoms with Crippen molar-refractivity contribution in [3.05, 3.63) is 35.6 Å². The lowest BCUT2D eigenvalue weighted by Gasteiger charge is -2.35. The van der Waals surface area contributed by atoms with Crippen LogP contribution in [0.4, 0.5) is 4.39 Å². The van der Waals surface area contributed by atoms with Crippen LogP contribution in [0, 0.1) is 11.7 Å². The number of halogens is 1. The second kappa shape index (κ2) is 10.2. The zero-order valence-electron chi connectivity index (χ0n) is 17.4. The molecule has 2 fully saturated rings. The van der Waals surface area contributed by atoms with Crippen LogP contribution < -0.4 is 5.32 Å². The highest BCUT2D eigenvalue weighted by Gasteiger charge is 2.37. The van der Waals surface area contributed by atoms with Crippen LogP contribution in [0.5, 0.6) is 0 Å². The largest absolute Gasteiger partial charge is 0.379 e. The molecule has 0 bridgehead atoms. The molecular formula is C22H32FN3O3. The van der Waals surface area contributed by atoms with E-state index in [2.05, 4.69) is 24.1 Å². The SMILES string of the molecule is CCC(CC)N1CC(C(=O)NCC(c2ccc(F)cc2)N2CCOCC2)CC1=O. The van der Waals surface area contributed by atoms with Crippen molar-refractivity contribution >= 4 is 11.8 Å². The number of benzene rings is 1. The molecule has 1 aromatic rings. The van der Waals surface area contributed by atoms with E-state index >= 15 is 0 Å². The van der Waals surface area contributed by atoms with E-state index in [4.69, 9.17) is 4.74 Å². The third kappa shape index (κ3) is 5.34. The van der Waals surface area contributed by atoms with Crippen molar-refractivity contribution in [2.24, 2.45) is 5.92 Å². The number of likely N-dealkylation sites (tertiary alicyclic amines) is 1. The van der Waals surface area contributed by atoms with Gasteiger partial charge in [0.2, 0.25) is 11.8 Å². The summed E-state index contributed by atoms with van der Waals surface area (Å²) >= 11 is 0. The van der Waals surface area contributed by atoms with Gasteiger partial charge in [-0.2, -0.15) is 0 Å². The number of ether oxygens (including phenoxy) is 1. The maximum atomic E-state index is 13.4. The van der Waals surface area contributed by atoms with Crippen molar-refractivity contribution in [3.63, 3.8) is 0 Å². The zero-order chi connectivity index (χ0) is 20.8. The predicted octanol–water partition coefficient (Wildman–Crippen LogP) is 2.35. The lowest BCUT2D eigenvalue weighted by Crippen LogP contribution is -2.45. The molecule has 1 N–H and O–H groups in total. The fraction of sp³-hybridized carbons (Fsp3) is 0.636. The van der Waals surface area contributed by atoms with Crippen molar-refractivity contribution in [2.45, 2.75) is 45.2 Å². The van der Waals surface area contributed by atoms with E-state index in [0.29, 0.717) is 26.3 Å². The number of nitrogens with zero attached hydrogens (tertiary/aromatic N) is 2. The first-order chi connectivity index (χ1) is 14.0. The Hall–Kier alpha value is -1.99. The summed E-state index contributed by atoms with van der Waals surface area (Å²) in [6, 6.07) is 6.61. The molecule has 2 aliphatic heterocycles. The van der Waals surface area contributed by atoms with E-state index in [9.17, 15) is 14.0 Å². The van der Waals surface area contributed by atoms with E-state index in [0.717, 1.165) is 31.5 Å². The van der Waals surface area contributed by atoms with Gasteiger partial charge in [0.15, 0.2) is 0 Å². The molecule has 2 aliphatic rings. The highest BCUT2D eigenvalue weighted by Crippen LogP contribution is 2.25. The number of carbonyl (C=O) groups is 2. The van der Waals surface area contributed by atoms with Crippen LogP contribution in [0.25, 0.3) is 0 Å². The molecule has 160 valence electrons. The Balaban J connectivity index is 1.63. The van der Waals surface area contributed by atoms with Crippen LogP contribution in [-0.2, 0) is 14.3 Å². The molecule has 2 heterocycles. The van der Waals surface area contributed by atoms with Gasteiger partial charge in [-0.1, -0.05) is 26.0 Å². The van der Waals surface area contributed by atoms with Crippen LogP contribution in [0.3, 0.4) is 0 Å². The van der Waals surface area contributed by atoms with Gasteiger partial charge in [0.25, 0.3) is 0 Å². The summed E-state index contributed by atoms with van der Waals surface area (Å²) in [7, 11) is 0. The van der Waals surface area contributed by atoms with Gasteiger partial charge < -0.3 is 15.0 Å². The van der Waals surface area contributed by atoms with E-state index in [1.165, 1.54) is 12.1 Å². The normalized spacial score (nSPS) is 21.6. The number of hydrogen-bond donors (Lipinski definition) is 1. The molecule has 6 nitrogen and oxygen atoms in total. The standard InChI is InChI=1S/C22H32FN3O3/c1-3-19(4-2)26-15-17(13-21(26)27)22(28)24-14-20(25-9-11-29-12-10-25)16-5-7-18(23)8-6-16/h5-8,17,19-20H,3-4,9-15H2,1-2H3,(H,24,28). The minimum absolute atomic E-state index is 0.0457. The number of morpholine rings is 1. The first-order valence-corrected chi connectivity index (χ1v) is 10.7. The summed E-state index contributed by atoms with van der Waals surface area (Å²) in [6.45, 7) is 7.90. The molecule has 0 aliphatic carbocycles. The number of amides is 2. The summed E-state index contributed by atoms with van der Waals surface area (Å²) < 4.78 is 18.8. The molecule has 0 aromatic heterocycles. The van der Waals surface area contributed by atoms with Crippen molar-refractivity contribution in [3.8, 4) is 0 Å². The monoisotopic (exact) mass is 405 g/mol. The summed E-state index contributed by atoms with van der Waals surface area (Å²) in [6.07, 6.45) is 2.08. The van der Waals surface area contributed by atoms with Crippen molar-refractivity contribution in [2.75, 3.05) is 39.4 Å². The smallest absolute Gasteiger partial charge is 0.225 e. The topological polar surface area (TPSA) is 61.9 Å². The maximum absolute atomic E-state index is 13.4. The summed E-state index contributed by atoms with van der Waals surface area (Å²) in [4.78, 5) is 29.3. The van der Waals surface area contributed by atoms with Gasteiger partial charge in [0.1, 0.15) is 5.82 Å². The number of carbonyl (C=O) groups excluding carboxylic acids is 2. The molecule has 0 radical (unpaired) electrons. The molecule has 1 aromatic carbocycles. The predicted molar refractivity (Wildman–Crippen MR) is 109 cm³/mol. The molecule has 2 amide bonds. The average molecular weight is 406 g/mol. The van der Waals surface area contributed by atoms with Gasteiger partial charge in [-0.15, -0.1) is 0 Å². The maximum Gasteiger partial charge on any atom is 0.225 e. The van der Waals surface area contributed by atoms with Crippen LogP contribution in [0.2, 0.25) is 0 Å². The number of nitrogens with one attached hydrogen (secondary N) is 1. The summed E-state index contributed by atoms with van der Waals surface area (Å²) in [5.74, 6) is -0.583. The molecule has 0 spiro atoms. The Labute approximate surface area is 172 Å². The van der Waals surface area contributed by atoms with Crippen molar-refractivity contribution in [1.29, 1.82) is 0 Å². The van der Waals surface area contributed by atoms with Gasteiger partial charge in [0, 0.05) is 38.6 Å². The van der Waals surface area contributed by atoms with Gasteiger partial charge in [0.05, 0.1) is 25.2 Å². The second-order valence-corrected chi connectivity index (χ2v) is 7.88. The third-order valence-corrected chi connectivity index (χ3v) is 6.12. The Morgan fingerprint density at radius 3 is 2.48 bits per heavy atom. The molecule has 2 unspecified atom stereocenters. The molecule has 29 heavy (non-hydrogen) atoms. The zero-order valence-corrected chi connectivity index (χ0v) is 17.4. The Morgan fingerprint density at radius 1 is 1.21 bits per heavy atom. The molecule has 2 saturated heterocycles. The fourth-order valence-corrected chi connectivity index (χ4v) is 4.36. The van der Waals surface area contributed by atoms with Crippen LogP contribution in [0.15, 0.2) is 24.3 Å². The quantitative estimate of drug-likeness (QED) is 0.721. The van der Waals surface area contributed by atoms with Gasteiger partial charge in [-0.25, -0.2) is 4.39 Å². The minimum atomic E-state index is -0.304. The lowest BCUT2D eigenvalue weighted by molar-refractivity contribution is -0.130. The Kier molecular flexibility index (Phi) is 7.61.